The van der Waals surface area contributed by atoms with Crippen molar-refractivity contribution in [3.63, 3.8) is 0 Å². The molecule has 1 aromatic rings. The molecule has 0 radical (unpaired) electrons. The van der Waals surface area contributed by atoms with E-state index in [-0.39, 0.29) is 35.5 Å². The first kappa shape index (κ1) is 35.9. The Morgan fingerprint density at radius 3 is 2.48 bits per heavy atom. The number of benzene rings is 1. The minimum absolute atomic E-state index is 0.0276. The van der Waals surface area contributed by atoms with Gasteiger partial charge in [0.15, 0.2) is 0 Å². The molecule has 2 heterocycles. The van der Waals surface area contributed by atoms with E-state index in [1.54, 1.807) is 0 Å². The molecule has 6 rings (SSSR count). The topological polar surface area (TPSA) is 102 Å². The van der Waals surface area contributed by atoms with Crippen molar-refractivity contribution < 1.29 is 19.8 Å². The summed E-state index contributed by atoms with van der Waals surface area (Å²) in [6, 6.07) is 6.64. The van der Waals surface area contributed by atoms with E-state index in [9.17, 15) is 19.8 Å². The molecule has 4 fully saturated rings. The number of carbonyl (C=O) groups is 2. The Bertz CT molecular complexity index is 1240. The number of amides is 3. The standard InChI is InChI=1S/C40H63N3O4S/c1-40-22-21-31-30-18-17-29(44)25-28(30)24-27(37(31)32(40)19-20-35(40)45)14-10-8-6-4-3-5-7-9-13-23-43(2)36(46)16-12-11-15-34-38-33(26-48-34)41-39(47)42-38/h17-18,25,27,31-35,37-38,44-45H,3-16,19-24,26H2,1-2H3,(H2,41,42,47)/t27-,31-,32+,33+,34+,35+,37-,38+,40+/m1/s1. The zero-order valence-corrected chi connectivity index (χ0v) is 30.6. The van der Waals surface area contributed by atoms with Crippen LogP contribution in [0.5, 0.6) is 5.75 Å². The molecule has 5 aliphatic rings. The first-order valence-electron chi connectivity index (χ1n) is 19.7. The number of hydrogen-bond donors (Lipinski definition) is 4. The highest BCUT2D eigenvalue weighted by atomic mass is 32.2. The van der Waals surface area contributed by atoms with Crippen molar-refractivity contribution in [3.05, 3.63) is 29.3 Å². The Balaban J connectivity index is 0.804. The van der Waals surface area contributed by atoms with Crippen molar-refractivity contribution >= 4 is 23.7 Å². The third-order valence-corrected chi connectivity index (χ3v) is 14.9. The number of rotatable bonds is 17. The Morgan fingerprint density at radius 1 is 0.958 bits per heavy atom. The minimum atomic E-state index is -0.137. The number of hydrogen-bond acceptors (Lipinski definition) is 5. The van der Waals surface area contributed by atoms with Crippen LogP contribution in [0.15, 0.2) is 18.2 Å². The summed E-state index contributed by atoms with van der Waals surface area (Å²) in [6.45, 7) is 3.24. The van der Waals surface area contributed by atoms with Crippen molar-refractivity contribution in [1.82, 2.24) is 15.5 Å². The Kier molecular flexibility index (Phi) is 12.3. The van der Waals surface area contributed by atoms with Gasteiger partial charge < -0.3 is 25.7 Å². The number of aromatic hydroxyl groups is 1. The van der Waals surface area contributed by atoms with E-state index in [0.717, 1.165) is 57.2 Å². The molecule has 2 saturated carbocycles. The van der Waals surface area contributed by atoms with Gasteiger partial charge in [0.05, 0.1) is 18.2 Å². The van der Waals surface area contributed by atoms with Gasteiger partial charge in [0.25, 0.3) is 0 Å². The highest BCUT2D eigenvalue weighted by Gasteiger charge is 2.56. The molecule has 4 N–H and O–H groups in total. The molecule has 0 spiro atoms. The second kappa shape index (κ2) is 16.4. The van der Waals surface area contributed by atoms with E-state index in [1.807, 2.05) is 35.8 Å². The smallest absolute Gasteiger partial charge is 0.315 e. The minimum Gasteiger partial charge on any atom is -0.508 e. The largest absolute Gasteiger partial charge is 0.508 e. The number of nitrogens with zero attached hydrogens (tertiary/aromatic N) is 1. The van der Waals surface area contributed by atoms with Crippen LogP contribution in [0, 0.1) is 23.2 Å². The Labute approximate surface area is 294 Å². The van der Waals surface area contributed by atoms with Gasteiger partial charge in [0.1, 0.15) is 5.75 Å². The number of urea groups is 1. The molecular formula is C40H63N3O4S. The molecule has 48 heavy (non-hydrogen) atoms. The van der Waals surface area contributed by atoms with Crippen LogP contribution in [0.4, 0.5) is 4.79 Å². The van der Waals surface area contributed by atoms with Gasteiger partial charge in [-0.25, -0.2) is 4.79 Å². The maximum Gasteiger partial charge on any atom is 0.315 e. The van der Waals surface area contributed by atoms with Gasteiger partial charge in [-0.2, -0.15) is 11.8 Å². The molecule has 7 nitrogen and oxygen atoms in total. The zero-order valence-electron chi connectivity index (χ0n) is 29.8. The summed E-state index contributed by atoms with van der Waals surface area (Å²) in [7, 11) is 1.96. The van der Waals surface area contributed by atoms with E-state index in [2.05, 4.69) is 23.6 Å². The number of nitrogens with one attached hydrogen (secondary N) is 2. The van der Waals surface area contributed by atoms with Gasteiger partial charge in [-0.3, -0.25) is 4.79 Å². The summed E-state index contributed by atoms with van der Waals surface area (Å²) < 4.78 is 0. The van der Waals surface area contributed by atoms with Crippen molar-refractivity contribution in [1.29, 1.82) is 0 Å². The van der Waals surface area contributed by atoms with E-state index >= 15 is 0 Å². The van der Waals surface area contributed by atoms with Crippen LogP contribution in [0.25, 0.3) is 0 Å². The summed E-state index contributed by atoms with van der Waals surface area (Å²) in [5.41, 5.74) is 2.96. The first-order chi connectivity index (χ1) is 23.2. The van der Waals surface area contributed by atoms with Crippen LogP contribution >= 0.6 is 11.8 Å². The molecule has 1 aromatic carbocycles. The lowest BCUT2D eigenvalue weighted by Gasteiger charge is -2.53. The van der Waals surface area contributed by atoms with E-state index < -0.39 is 0 Å². The number of aliphatic hydroxyl groups is 1. The van der Waals surface area contributed by atoms with E-state index in [0.29, 0.717) is 41.1 Å². The molecule has 3 amide bonds. The first-order valence-corrected chi connectivity index (χ1v) is 20.7. The van der Waals surface area contributed by atoms with Gasteiger partial charge >= 0.3 is 6.03 Å². The lowest BCUT2D eigenvalue weighted by atomic mass is 9.52. The van der Waals surface area contributed by atoms with Crippen LogP contribution in [0.1, 0.15) is 140 Å². The number of unbranched alkanes of at least 4 members (excludes halogenated alkanes) is 9. The predicted octanol–water partition coefficient (Wildman–Crippen LogP) is 7.92. The lowest BCUT2D eigenvalue weighted by molar-refractivity contribution is -0.130. The third-order valence-electron chi connectivity index (χ3n) is 13.4. The summed E-state index contributed by atoms with van der Waals surface area (Å²) in [5.74, 6) is 4.24. The van der Waals surface area contributed by atoms with Crippen molar-refractivity contribution in [2.45, 2.75) is 158 Å². The van der Waals surface area contributed by atoms with Crippen molar-refractivity contribution in [2.24, 2.45) is 23.2 Å². The molecule has 2 saturated heterocycles. The molecule has 0 unspecified atom stereocenters. The predicted molar refractivity (Wildman–Crippen MR) is 195 cm³/mol. The summed E-state index contributed by atoms with van der Waals surface area (Å²) in [5, 5.41) is 27.7. The third kappa shape index (κ3) is 8.16. The van der Waals surface area contributed by atoms with Crippen LogP contribution in [-0.2, 0) is 11.2 Å². The molecule has 8 heteroatoms. The van der Waals surface area contributed by atoms with Crippen molar-refractivity contribution in [3.8, 4) is 5.75 Å². The lowest BCUT2D eigenvalue weighted by Crippen LogP contribution is -2.47. The van der Waals surface area contributed by atoms with Gasteiger partial charge in [-0.1, -0.05) is 70.8 Å². The molecule has 268 valence electrons. The molecule has 0 aromatic heterocycles. The Hall–Kier alpha value is -1.93. The number of aliphatic hydroxyl groups excluding tert-OH is 1. The maximum absolute atomic E-state index is 12.6. The molecule has 2 aliphatic heterocycles. The summed E-state index contributed by atoms with van der Waals surface area (Å²) in [6.07, 6.45) is 21.8. The van der Waals surface area contributed by atoms with Gasteiger partial charge in [0, 0.05) is 31.0 Å². The average molecular weight is 682 g/mol. The van der Waals surface area contributed by atoms with E-state index in [4.69, 9.17) is 0 Å². The fourth-order valence-electron chi connectivity index (χ4n) is 10.6. The SMILES string of the molecule is CN(CCCCCCCCCCC[C@@H]1Cc2cc(O)ccc2[C@H]2CC[C@]3(C)[C@@H](O)CC[C@H]3[C@H]12)C(=O)CCCC[C@@H]1SC[C@@H]2NC(=O)N[C@@H]21. The number of phenols is 1. The summed E-state index contributed by atoms with van der Waals surface area (Å²) >= 11 is 1.95. The fourth-order valence-corrected chi connectivity index (χ4v) is 12.1. The molecule has 3 aliphatic carbocycles. The highest BCUT2D eigenvalue weighted by Crippen LogP contribution is 2.62. The van der Waals surface area contributed by atoms with Crippen LogP contribution in [0.3, 0.4) is 0 Å². The average Bonchev–Trinajstić information content (AvgIpc) is 3.72. The molecule has 9 atom stereocenters. The van der Waals surface area contributed by atoms with Crippen molar-refractivity contribution in [2.75, 3.05) is 19.3 Å². The quantitative estimate of drug-likeness (QED) is 0.0989. The molecule has 0 bridgehead atoms. The number of thioether (sulfide) groups is 1. The Morgan fingerprint density at radius 2 is 1.69 bits per heavy atom. The van der Waals surface area contributed by atoms with Crippen LogP contribution < -0.4 is 10.6 Å². The number of carbonyl (C=O) groups excluding carboxylic acids is 2. The number of fused-ring (bicyclic) bond motifs is 6. The highest BCUT2D eigenvalue weighted by molar-refractivity contribution is 8.00. The second-order valence-corrected chi connectivity index (χ2v) is 17.7. The normalized spacial score (nSPS) is 33.4. The van der Waals surface area contributed by atoms with Gasteiger partial charge in [0.2, 0.25) is 5.91 Å². The molecular weight excluding hydrogens is 619 g/mol. The number of phenolic OH excluding ortho intramolecular Hbond substituents is 1. The van der Waals surface area contributed by atoms with E-state index in [1.165, 1.54) is 81.8 Å². The monoisotopic (exact) mass is 681 g/mol. The summed E-state index contributed by atoms with van der Waals surface area (Å²) in [4.78, 5) is 26.1. The van der Waals surface area contributed by atoms with Crippen LogP contribution in [-0.4, -0.2) is 69.8 Å². The van der Waals surface area contributed by atoms with Gasteiger partial charge in [-0.05, 0) is 110 Å². The fraction of sp³-hybridized carbons (Fsp3) is 0.800. The maximum atomic E-state index is 12.6. The zero-order chi connectivity index (χ0) is 33.7. The second-order valence-electron chi connectivity index (χ2n) is 16.4. The van der Waals surface area contributed by atoms with Crippen LogP contribution in [0.2, 0.25) is 0 Å². The van der Waals surface area contributed by atoms with Gasteiger partial charge in [-0.15, -0.1) is 0 Å².